The minimum absolute atomic E-state index is 0.179. The number of amides is 1. The van der Waals surface area contributed by atoms with Gasteiger partial charge in [0, 0.05) is 24.2 Å². The quantitative estimate of drug-likeness (QED) is 0.423. The van der Waals surface area contributed by atoms with Crippen molar-refractivity contribution < 1.29 is 13.9 Å². The van der Waals surface area contributed by atoms with E-state index in [1.165, 1.54) is 0 Å². The van der Waals surface area contributed by atoms with Crippen LogP contribution in [0.1, 0.15) is 36.7 Å². The molecular formula is C22H29ClN4O3S. The number of benzene rings is 1. The molecule has 1 amide bonds. The largest absolute Gasteiger partial charge is 0.476 e. The molecular weight excluding hydrogens is 436 g/mol. The van der Waals surface area contributed by atoms with Crippen LogP contribution in [0.3, 0.4) is 0 Å². The van der Waals surface area contributed by atoms with Gasteiger partial charge in [0.25, 0.3) is 5.91 Å². The van der Waals surface area contributed by atoms with Gasteiger partial charge in [-0.15, -0.1) is 12.6 Å². The number of hydrogen-bond donors (Lipinski definition) is 3. The van der Waals surface area contributed by atoms with E-state index in [2.05, 4.69) is 41.5 Å². The SMILES string of the molecule is C=Nc1cc(Cl)ccc1OCN1CC2(CC(NC(=O)c3ccc(S)o3)C2)C1.CCCN. The average Bonchev–Trinajstić information content (AvgIpc) is 3.15. The van der Waals surface area contributed by atoms with Gasteiger partial charge in [-0.1, -0.05) is 18.5 Å². The van der Waals surface area contributed by atoms with E-state index in [9.17, 15) is 4.79 Å². The Bertz CT molecular complexity index is 904. The third-order valence-electron chi connectivity index (χ3n) is 5.41. The fourth-order valence-corrected chi connectivity index (χ4v) is 4.28. The Morgan fingerprint density at radius 2 is 2.13 bits per heavy atom. The lowest BCUT2D eigenvalue weighted by Crippen LogP contribution is -2.66. The summed E-state index contributed by atoms with van der Waals surface area (Å²) in [6.45, 7) is 8.85. The summed E-state index contributed by atoms with van der Waals surface area (Å²) in [6.07, 6.45) is 3.05. The molecule has 1 aromatic heterocycles. The highest BCUT2D eigenvalue weighted by Gasteiger charge is 2.52. The zero-order valence-electron chi connectivity index (χ0n) is 17.6. The Hall–Kier alpha value is -2.00. The van der Waals surface area contributed by atoms with Crippen LogP contribution in [0.4, 0.5) is 5.69 Å². The van der Waals surface area contributed by atoms with Gasteiger partial charge in [-0.2, -0.15) is 0 Å². The topological polar surface area (TPSA) is 93.1 Å². The zero-order valence-corrected chi connectivity index (χ0v) is 19.3. The van der Waals surface area contributed by atoms with Crippen LogP contribution in [0, 0.1) is 5.41 Å². The van der Waals surface area contributed by atoms with Crippen LogP contribution in [0.2, 0.25) is 5.02 Å². The molecule has 31 heavy (non-hydrogen) atoms. The second-order valence-electron chi connectivity index (χ2n) is 8.04. The Morgan fingerprint density at radius 1 is 1.42 bits per heavy atom. The fourth-order valence-electron chi connectivity index (χ4n) is 3.94. The number of nitrogens with zero attached hydrogens (tertiary/aromatic N) is 2. The van der Waals surface area contributed by atoms with Crippen LogP contribution < -0.4 is 15.8 Å². The number of carbonyl (C=O) groups excluding carboxylic acids is 1. The Labute approximate surface area is 193 Å². The number of nitrogens with two attached hydrogens (primary N) is 1. The summed E-state index contributed by atoms with van der Waals surface area (Å²) in [7, 11) is 0. The second kappa shape index (κ2) is 10.5. The minimum atomic E-state index is -0.179. The number of rotatable bonds is 7. The van der Waals surface area contributed by atoms with Crippen molar-refractivity contribution in [1.29, 1.82) is 0 Å². The van der Waals surface area contributed by atoms with Gasteiger partial charge in [-0.05, 0) is 68.3 Å². The highest BCUT2D eigenvalue weighted by atomic mass is 35.5. The molecule has 4 rings (SSSR count). The van der Waals surface area contributed by atoms with Crippen LogP contribution in [-0.4, -0.2) is 49.9 Å². The van der Waals surface area contributed by atoms with Crippen molar-refractivity contribution in [1.82, 2.24) is 10.2 Å². The summed E-state index contributed by atoms with van der Waals surface area (Å²) < 4.78 is 11.1. The number of carbonyl (C=O) groups is 1. The molecule has 1 saturated carbocycles. The molecule has 2 aromatic rings. The smallest absolute Gasteiger partial charge is 0.287 e. The summed E-state index contributed by atoms with van der Waals surface area (Å²) in [4.78, 5) is 18.3. The maximum atomic E-state index is 12.1. The van der Waals surface area contributed by atoms with E-state index in [1.54, 1.807) is 24.3 Å². The molecule has 0 radical (unpaired) electrons. The summed E-state index contributed by atoms with van der Waals surface area (Å²) in [5, 5.41) is 4.06. The molecule has 3 N–H and O–H groups in total. The molecule has 168 valence electrons. The standard InChI is InChI=1S/C19H20ClN3O3S.C3H9N/c1-21-14-6-12(20)2-3-15(14)25-11-23-9-19(10-23)7-13(8-19)22-18(24)16-4-5-17(27)26-16;1-2-3-4/h2-6,13,27H,1,7-11H2,(H,22,24);2-4H2,1H3. The Kier molecular flexibility index (Phi) is 8.05. The predicted octanol–water partition coefficient (Wildman–Crippen LogP) is 4.14. The molecule has 2 aliphatic rings. The average molecular weight is 465 g/mol. The number of nitrogens with one attached hydrogen (secondary N) is 1. The number of hydrogen-bond acceptors (Lipinski definition) is 7. The number of thiol groups is 1. The fraction of sp³-hybridized carbons (Fsp3) is 0.455. The number of halogens is 1. The maximum absolute atomic E-state index is 12.1. The molecule has 0 unspecified atom stereocenters. The monoisotopic (exact) mass is 464 g/mol. The van der Waals surface area contributed by atoms with E-state index in [0.29, 0.717) is 39.5 Å². The van der Waals surface area contributed by atoms with E-state index >= 15 is 0 Å². The summed E-state index contributed by atoms with van der Waals surface area (Å²) in [5.74, 6) is 0.803. The van der Waals surface area contributed by atoms with Crippen LogP contribution >= 0.6 is 24.2 Å². The molecule has 1 saturated heterocycles. The first-order valence-corrected chi connectivity index (χ1v) is 11.1. The molecule has 2 fully saturated rings. The highest BCUT2D eigenvalue weighted by molar-refractivity contribution is 7.80. The molecule has 1 aliphatic heterocycles. The van der Waals surface area contributed by atoms with Crippen molar-refractivity contribution in [2.24, 2.45) is 16.1 Å². The Morgan fingerprint density at radius 3 is 2.71 bits per heavy atom. The third-order valence-corrected chi connectivity index (χ3v) is 5.89. The molecule has 7 nitrogen and oxygen atoms in total. The second-order valence-corrected chi connectivity index (χ2v) is 8.91. The van der Waals surface area contributed by atoms with Gasteiger partial charge < -0.3 is 20.2 Å². The molecule has 1 aliphatic carbocycles. The first-order chi connectivity index (χ1) is 14.9. The van der Waals surface area contributed by atoms with Gasteiger partial charge in [-0.25, -0.2) is 0 Å². The van der Waals surface area contributed by atoms with E-state index < -0.39 is 0 Å². The predicted molar refractivity (Wildman–Crippen MR) is 126 cm³/mol. The van der Waals surface area contributed by atoms with Gasteiger partial charge in [0.05, 0.1) is 0 Å². The van der Waals surface area contributed by atoms with Crippen LogP contribution in [0.5, 0.6) is 5.75 Å². The van der Waals surface area contributed by atoms with Gasteiger partial charge in [-0.3, -0.25) is 14.7 Å². The van der Waals surface area contributed by atoms with E-state index in [1.807, 2.05) is 6.07 Å². The number of furan rings is 1. The normalized spacial score (nSPS) is 17.2. The summed E-state index contributed by atoms with van der Waals surface area (Å²) in [6, 6.07) is 8.81. The summed E-state index contributed by atoms with van der Waals surface area (Å²) >= 11 is 10.0. The lowest BCUT2D eigenvalue weighted by molar-refractivity contribution is -0.103. The van der Waals surface area contributed by atoms with Gasteiger partial charge in [0.1, 0.15) is 18.2 Å². The molecule has 1 spiro atoms. The van der Waals surface area contributed by atoms with Gasteiger partial charge in [0.2, 0.25) is 0 Å². The van der Waals surface area contributed by atoms with Crippen LogP contribution in [0.25, 0.3) is 0 Å². The van der Waals surface area contributed by atoms with Crippen LogP contribution in [0.15, 0.2) is 44.8 Å². The van der Waals surface area contributed by atoms with Crippen molar-refractivity contribution >= 4 is 42.5 Å². The lowest BCUT2D eigenvalue weighted by Gasteiger charge is -2.58. The Balaban J connectivity index is 0.000000628. The van der Waals surface area contributed by atoms with Crippen molar-refractivity contribution in [3.8, 4) is 5.75 Å². The van der Waals surface area contributed by atoms with Crippen LogP contribution in [-0.2, 0) is 0 Å². The molecule has 1 aromatic carbocycles. The molecule has 9 heteroatoms. The van der Waals surface area contributed by atoms with Crippen molar-refractivity contribution in [2.75, 3.05) is 26.4 Å². The number of likely N-dealkylation sites (tertiary alicyclic amines) is 1. The molecule has 0 atom stereocenters. The first-order valence-electron chi connectivity index (χ1n) is 10.3. The summed E-state index contributed by atoms with van der Waals surface area (Å²) in [5.41, 5.74) is 5.96. The maximum Gasteiger partial charge on any atom is 0.287 e. The van der Waals surface area contributed by atoms with Crippen molar-refractivity contribution in [2.45, 2.75) is 37.3 Å². The van der Waals surface area contributed by atoms with Crippen molar-refractivity contribution in [3.05, 3.63) is 41.1 Å². The lowest BCUT2D eigenvalue weighted by atomic mass is 9.61. The van der Waals surface area contributed by atoms with Gasteiger partial charge >= 0.3 is 0 Å². The third kappa shape index (κ3) is 6.04. The minimum Gasteiger partial charge on any atom is -0.476 e. The first kappa shape index (κ1) is 23.7. The van der Waals surface area contributed by atoms with E-state index in [-0.39, 0.29) is 11.9 Å². The van der Waals surface area contributed by atoms with Gasteiger partial charge in [0.15, 0.2) is 10.9 Å². The van der Waals surface area contributed by atoms with E-state index in [0.717, 1.165) is 38.9 Å². The molecule has 0 bridgehead atoms. The number of ether oxygens (including phenoxy) is 1. The number of aliphatic imine (C=N–C) groups is 1. The zero-order chi connectivity index (χ0) is 22.4. The van der Waals surface area contributed by atoms with E-state index in [4.69, 9.17) is 26.5 Å². The molecule has 2 heterocycles. The van der Waals surface area contributed by atoms with Crippen molar-refractivity contribution in [3.63, 3.8) is 0 Å². The highest BCUT2D eigenvalue weighted by Crippen LogP contribution is 2.48.